The molecule has 0 aliphatic rings. The first kappa shape index (κ1) is 9.31. The van der Waals surface area contributed by atoms with Crippen LogP contribution < -0.4 is 5.56 Å². The van der Waals surface area contributed by atoms with Crippen molar-refractivity contribution in [3.05, 3.63) is 28.2 Å². The number of H-pyrrole nitrogens is 1. The van der Waals surface area contributed by atoms with Gasteiger partial charge in [-0.15, -0.1) is 0 Å². The fourth-order valence-corrected chi connectivity index (χ4v) is 0.833. The van der Waals surface area contributed by atoms with Crippen LogP contribution in [0.3, 0.4) is 0 Å². The minimum atomic E-state index is -0.736. The number of esters is 1. The number of rotatable bonds is 2. The quantitative estimate of drug-likeness (QED) is 0.644. The van der Waals surface area contributed by atoms with Gasteiger partial charge >= 0.3 is 5.97 Å². The van der Waals surface area contributed by atoms with E-state index in [0.29, 0.717) is 0 Å². The van der Waals surface area contributed by atoms with Crippen LogP contribution in [0.5, 0.6) is 5.75 Å². The number of aromatic nitrogens is 1. The molecule has 0 aromatic carbocycles. The highest BCUT2D eigenvalue weighted by atomic mass is 16.5. The zero-order valence-corrected chi connectivity index (χ0v) is 7.03. The van der Waals surface area contributed by atoms with Crippen molar-refractivity contribution in [2.24, 2.45) is 0 Å². The maximum absolute atomic E-state index is 11.1. The molecule has 13 heavy (non-hydrogen) atoms. The second-order valence-electron chi connectivity index (χ2n) is 2.32. The van der Waals surface area contributed by atoms with Crippen molar-refractivity contribution >= 4 is 5.97 Å². The average Bonchev–Trinajstić information content (AvgIpc) is 2.09. The van der Waals surface area contributed by atoms with Crippen LogP contribution in [0, 0.1) is 0 Å². The number of aromatic hydroxyl groups is 1. The molecule has 5 nitrogen and oxygen atoms in total. The van der Waals surface area contributed by atoms with Crippen molar-refractivity contribution in [2.75, 3.05) is 6.61 Å². The molecule has 0 amide bonds. The van der Waals surface area contributed by atoms with Gasteiger partial charge in [-0.3, -0.25) is 4.79 Å². The molecule has 2 N–H and O–H groups in total. The molecule has 0 spiro atoms. The first-order chi connectivity index (χ1) is 6.15. The Morgan fingerprint density at radius 2 is 2.38 bits per heavy atom. The fourth-order valence-electron chi connectivity index (χ4n) is 0.833. The normalized spacial score (nSPS) is 9.62. The van der Waals surface area contributed by atoms with Gasteiger partial charge in [-0.05, 0) is 6.92 Å². The minimum absolute atomic E-state index is 0.178. The Morgan fingerprint density at radius 3 is 3.00 bits per heavy atom. The van der Waals surface area contributed by atoms with E-state index < -0.39 is 11.5 Å². The maximum atomic E-state index is 11.1. The molecule has 70 valence electrons. The molecule has 0 bridgehead atoms. The van der Waals surface area contributed by atoms with E-state index in [1.54, 1.807) is 6.92 Å². The Labute approximate surface area is 74.0 Å². The lowest BCUT2D eigenvalue weighted by Gasteiger charge is -2.00. The van der Waals surface area contributed by atoms with E-state index in [1.165, 1.54) is 0 Å². The van der Waals surface area contributed by atoms with Crippen LogP contribution in [0.4, 0.5) is 0 Å². The summed E-state index contributed by atoms with van der Waals surface area (Å²) in [4.78, 5) is 24.3. The first-order valence-electron chi connectivity index (χ1n) is 3.74. The summed E-state index contributed by atoms with van der Waals surface area (Å²) in [7, 11) is 0. The molecule has 1 aromatic heterocycles. The number of pyridine rings is 1. The van der Waals surface area contributed by atoms with Crippen molar-refractivity contribution in [1.82, 2.24) is 4.98 Å². The standard InChI is InChI=1S/C8H9NO4/c1-2-13-8(12)6-3-5(10)4-9-7(6)11/h3-4,10H,2H2,1H3,(H,9,11). The summed E-state index contributed by atoms with van der Waals surface area (Å²) < 4.78 is 4.59. The lowest BCUT2D eigenvalue weighted by atomic mass is 10.3. The van der Waals surface area contributed by atoms with Gasteiger partial charge in [-0.2, -0.15) is 0 Å². The van der Waals surface area contributed by atoms with E-state index >= 15 is 0 Å². The number of nitrogens with one attached hydrogen (secondary N) is 1. The van der Waals surface area contributed by atoms with E-state index in [9.17, 15) is 9.59 Å². The summed E-state index contributed by atoms with van der Waals surface area (Å²) in [6.07, 6.45) is 1.10. The van der Waals surface area contributed by atoms with Crippen molar-refractivity contribution in [3.8, 4) is 5.75 Å². The zero-order chi connectivity index (χ0) is 9.84. The SMILES string of the molecule is CCOC(=O)c1cc(O)c[nH]c1=O. The predicted molar refractivity (Wildman–Crippen MR) is 44.7 cm³/mol. The van der Waals surface area contributed by atoms with Crippen molar-refractivity contribution in [3.63, 3.8) is 0 Å². The van der Waals surface area contributed by atoms with Gasteiger partial charge in [0.1, 0.15) is 11.3 Å². The molecule has 1 rings (SSSR count). The number of hydrogen-bond donors (Lipinski definition) is 2. The molecule has 5 heteroatoms. The van der Waals surface area contributed by atoms with Gasteiger partial charge in [0.25, 0.3) is 5.56 Å². The second-order valence-corrected chi connectivity index (χ2v) is 2.32. The van der Waals surface area contributed by atoms with Crippen LogP contribution in [0.1, 0.15) is 17.3 Å². The highest BCUT2D eigenvalue weighted by molar-refractivity contribution is 5.89. The molecule has 0 aliphatic carbocycles. The molecule has 0 unspecified atom stereocenters. The fraction of sp³-hybridized carbons (Fsp3) is 0.250. The summed E-state index contributed by atoms with van der Waals surface area (Å²) >= 11 is 0. The molecule has 0 radical (unpaired) electrons. The Balaban J connectivity index is 3.06. The minimum Gasteiger partial charge on any atom is -0.506 e. The molecule has 0 saturated heterocycles. The molecule has 0 fully saturated rings. The Kier molecular flexibility index (Phi) is 2.69. The summed E-state index contributed by atoms with van der Waals surface area (Å²) in [5, 5.41) is 8.98. The van der Waals surface area contributed by atoms with Gasteiger partial charge in [0.2, 0.25) is 0 Å². The number of ether oxygens (including phenoxy) is 1. The topological polar surface area (TPSA) is 79.4 Å². The van der Waals surface area contributed by atoms with E-state index in [1.807, 2.05) is 0 Å². The highest BCUT2D eigenvalue weighted by Crippen LogP contribution is 2.05. The monoisotopic (exact) mass is 183 g/mol. The average molecular weight is 183 g/mol. The van der Waals surface area contributed by atoms with E-state index in [4.69, 9.17) is 5.11 Å². The third kappa shape index (κ3) is 2.08. The van der Waals surface area contributed by atoms with Crippen LogP contribution in [-0.2, 0) is 4.74 Å². The molecular formula is C8H9NO4. The molecular weight excluding hydrogens is 174 g/mol. The molecule has 1 aromatic rings. The Hall–Kier alpha value is -1.78. The van der Waals surface area contributed by atoms with Crippen LogP contribution in [0.25, 0.3) is 0 Å². The van der Waals surface area contributed by atoms with E-state index in [-0.39, 0.29) is 17.9 Å². The largest absolute Gasteiger partial charge is 0.506 e. The zero-order valence-electron chi connectivity index (χ0n) is 7.03. The van der Waals surface area contributed by atoms with Gasteiger partial charge in [0.15, 0.2) is 0 Å². The van der Waals surface area contributed by atoms with Gasteiger partial charge in [-0.25, -0.2) is 4.79 Å². The van der Waals surface area contributed by atoms with Crippen molar-refractivity contribution in [2.45, 2.75) is 6.92 Å². The lowest BCUT2D eigenvalue weighted by Crippen LogP contribution is -2.18. The summed E-state index contributed by atoms with van der Waals surface area (Å²) in [6.45, 7) is 1.82. The molecule has 0 saturated carbocycles. The van der Waals surface area contributed by atoms with Crippen LogP contribution in [0.2, 0.25) is 0 Å². The van der Waals surface area contributed by atoms with Gasteiger partial charge < -0.3 is 14.8 Å². The smallest absolute Gasteiger partial charge is 0.343 e. The molecule has 0 aliphatic heterocycles. The molecule has 1 heterocycles. The predicted octanol–water partition coefficient (Wildman–Crippen LogP) is 0.257. The highest BCUT2D eigenvalue weighted by Gasteiger charge is 2.11. The second kappa shape index (κ2) is 3.75. The summed E-state index contributed by atoms with van der Waals surface area (Å²) in [5.74, 6) is -0.915. The third-order valence-corrected chi connectivity index (χ3v) is 1.38. The third-order valence-electron chi connectivity index (χ3n) is 1.38. The number of hydrogen-bond acceptors (Lipinski definition) is 4. The van der Waals surface area contributed by atoms with Gasteiger partial charge in [0.05, 0.1) is 6.61 Å². The summed E-state index contributed by atoms with van der Waals surface area (Å²) in [5.41, 5.74) is -0.766. The number of carbonyl (C=O) groups excluding carboxylic acids is 1. The summed E-state index contributed by atoms with van der Waals surface area (Å²) in [6, 6.07) is 1.07. The van der Waals surface area contributed by atoms with Crippen LogP contribution >= 0.6 is 0 Å². The number of aromatic amines is 1. The Morgan fingerprint density at radius 1 is 1.69 bits per heavy atom. The van der Waals surface area contributed by atoms with Crippen molar-refractivity contribution in [1.29, 1.82) is 0 Å². The van der Waals surface area contributed by atoms with E-state index in [2.05, 4.69) is 9.72 Å². The molecule has 0 atom stereocenters. The first-order valence-corrected chi connectivity index (χ1v) is 3.74. The van der Waals surface area contributed by atoms with Crippen LogP contribution in [0.15, 0.2) is 17.1 Å². The maximum Gasteiger partial charge on any atom is 0.343 e. The van der Waals surface area contributed by atoms with Gasteiger partial charge in [-0.1, -0.05) is 0 Å². The van der Waals surface area contributed by atoms with Gasteiger partial charge in [0, 0.05) is 12.3 Å². The Bertz CT molecular complexity index is 369. The van der Waals surface area contributed by atoms with E-state index in [0.717, 1.165) is 12.3 Å². The van der Waals surface area contributed by atoms with Crippen LogP contribution in [-0.4, -0.2) is 22.7 Å². The lowest BCUT2D eigenvalue weighted by molar-refractivity contribution is 0.0523. The van der Waals surface area contributed by atoms with Crippen molar-refractivity contribution < 1.29 is 14.6 Å². The number of carbonyl (C=O) groups is 1.